The number of aryl methyl sites for hydroxylation is 2. The first-order valence-corrected chi connectivity index (χ1v) is 16.5. The van der Waals surface area contributed by atoms with Gasteiger partial charge < -0.3 is 19.9 Å². The molecule has 0 spiro atoms. The van der Waals surface area contributed by atoms with Crippen molar-refractivity contribution in [1.82, 2.24) is 44.9 Å². The molecule has 5 aromatic carbocycles. The largest absolute Gasteiger partial charge is 0.342 e. The third-order valence-corrected chi connectivity index (χ3v) is 9.30. The van der Waals surface area contributed by atoms with Gasteiger partial charge in [-0.25, -0.2) is 19.9 Å². The molecule has 0 amide bonds. The van der Waals surface area contributed by atoms with Gasteiger partial charge in [0.05, 0.1) is 44.1 Å². The summed E-state index contributed by atoms with van der Waals surface area (Å²) in [6.45, 7) is 4.00. The van der Waals surface area contributed by atoms with Crippen molar-refractivity contribution in [3.8, 4) is 56.5 Å². The fourth-order valence-electron chi connectivity index (χ4n) is 6.67. The van der Waals surface area contributed by atoms with E-state index in [2.05, 4.69) is 121 Å². The lowest BCUT2D eigenvalue weighted by molar-refractivity contribution is 1.17. The van der Waals surface area contributed by atoms with Crippen LogP contribution in [0.3, 0.4) is 0 Å². The third kappa shape index (κ3) is 4.83. The fraction of sp³-hybridized carbons (Fsp3) is 0.0488. The Morgan fingerprint density at radius 3 is 1.24 bits per heavy atom. The van der Waals surface area contributed by atoms with Crippen LogP contribution in [0.1, 0.15) is 11.4 Å². The molecule has 0 aliphatic heterocycles. The lowest BCUT2D eigenvalue weighted by atomic mass is 10.0. The molecule has 5 heterocycles. The molecule has 0 aliphatic carbocycles. The van der Waals surface area contributed by atoms with Gasteiger partial charge in [-0.2, -0.15) is 0 Å². The molecule has 0 unspecified atom stereocenters. The Labute approximate surface area is 285 Å². The summed E-state index contributed by atoms with van der Waals surface area (Å²) in [7, 11) is 0. The van der Waals surface area contributed by atoms with Crippen LogP contribution >= 0.6 is 0 Å². The van der Waals surface area contributed by atoms with Gasteiger partial charge in [0.1, 0.15) is 23.2 Å². The van der Waals surface area contributed by atoms with E-state index in [0.29, 0.717) is 0 Å². The van der Waals surface area contributed by atoms with Gasteiger partial charge in [0, 0.05) is 17.3 Å². The molecule has 10 rings (SSSR count). The first-order chi connectivity index (χ1) is 24.5. The molecule has 0 bridgehead atoms. The average molecular weight is 648 g/mol. The molecule has 9 nitrogen and oxygen atoms in total. The van der Waals surface area contributed by atoms with Crippen LogP contribution in [0.5, 0.6) is 0 Å². The summed E-state index contributed by atoms with van der Waals surface area (Å²) in [6.07, 6.45) is 1.86. The van der Waals surface area contributed by atoms with E-state index in [1.165, 1.54) is 0 Å². The molecule has 5 aromatic heterocycles. The Kier molecular flexibility index (Phi) is 6.10. The zero-order valence-electron chi connectivity index (χ0n) is 27.2. The number of rotatable bonds is 5. The highest BCUT2D eigenvalue weighted by Gasteiger charge is 2.13. The van der Waals surface area contributed by atoms with Crippen molar-refractivity contribution in [3.05, 3.63) is 127 Å². The maximum atomic E-state index is 4.90. The van der Waals surface area contributed by atoms with E-state index in [4.69, 9.17) is 15.0 Å². The summed E-state index contributed by atoms with van der Waals surface area (Å²) >= 11 is 0. The average Bonchev–Trinajstić information content (AvgIpc) is 3.94. The summed E-state index contributed by atoms with van der Waals surface area (Å²) in [5.74, 6) is 3.33. The van der Waals surface area contributed by atoms with Crippen LogP contribution in [0.25, 0.3) is 101 Å². The Morgan fingerprint density at radius 2 is 0.780 bits per heavy atom. The molecule has 10 aromatic rings. The molecule has 238 valence electrons. The van der Waals surface area contributed by atoms with Gasteiger partial charge in [-0.1, -0.05) is 54.6 Å². The Hall–Kier alpha value is -6.87. The van der Waals surface area contributed by atoms with Crippen molar-refractivity contribution >= 4 is 44.1 Å². The molecule has 0 saturated heterocycles. The van der Waals surface area contributed by atoms with Crippen molar-refractivity contribution in [1.29, 1.82) is 0 Å². The third-order valence-electron chi connectivity index (χ3n) is 9.30. The molecule has 0 radical (unpaired) electrons. The quantitative estimate of drug-likeness (QED) is 0.148. The van der Waals surface area contributed by atoms with Crippen molar-refractivity contribution < 1.29 is 0 Å². The van der Waals surface area contributed by atoms with Crippen molar-refractivity contribution in [2.75, 3.05) is 0 Å². The molecule has 0 aliphatic rings. The van der Waals surface area contributed by atoms with Crippen LogP contribution in [-0.4, -0.2) is 44.9 Å². The van der Waals surface area contributed by atoms with Gasteiger partial charge in [0.2, 0.25) is 0 Å². The zero-order chi connectivity index (χ0) is 33.3. The number of aromatic nitrogens is 9. The highest BCUT2D eigenvalue weighted by Crippen LogP contribution is 2.31. The van der Waals surface area contributed by atoms with Crippen LogP contribution in [0.2, 0.25) is 0 Å². The second-order valence-corrected chi connectivity index (χ2v) is 12.8. The highest BCUT2D eigenvalue weighted by molar-refractivity contribution is 5.90. The van der Waals surface area contributed by atoms with Crippen LogP contribution < -0.4 is 0 Å². The van der Waals surface area contributed by atoms with Crippen LogP contribution in [0.4, 0.5) is 0 Å². The predicted octanol–water partition coefficient (Wildman–Crippen LogP) is 9.54. The number of hydrogen-bond donors (Lipinski definition) is 4. The molecule has 9 heteroatoms. The lowest BCUT2D eigenvalue weighted by Gasteiger charge is -2.02. The first-order valence-electron chi connectivity index (χ1n) is 16.5. The van der Waals surface area contributed by atoms with Gasteiger partial charge in [-0.05, 0) is 96.3 Å². The van der Waals surface area contributed by atoms with Crippen LogP contribution in [0, 0.1) is 13.8 Å². The number of nitrogens with zero attached hydrogens (tertiary/aromatic N) is 5. The standard InChI is InChI=1S/C41H29N9/c1-22-3-12-34(42-21-22)41-47-33-16-11-29(20-38(33)50-41)28-10-15-32-37(19-28)49-40(46-32)25-6-4-24(5-7-25)39-45-31-14-9-27(18-36(31)48-39)26-8-13-30-35(17-26)44-23(2)43-30/h3-21H,1-2H3,(H,43,44)(H,45,48)(H,46,49)(H,47,50). The molecule has 4 N–H and O–H groups in total. The number of pyridine rings is 1. The van der Waals surface area contributed by atoms with E-state index < -0.39 is 0 Å². The zero-order valence-corrected chi connectivity index (χ0v) is 27.2. The maximum Gasteiger partial charge on any atom is 0.157 e. The second kappa shape index (κ2) is 10.8. The Bertz CT molecular complexity index is 2890. The number of hydrogen-bond acceptors (Lipinski definition) is 5. The van der Waals surface area contributed by atoms with Gasteiger partial charge in [0.25, 0.3) is 0 Å². The topological polar surface area (TPSA) is 128 Å². The minimum absolute atomic E-state index is 0.765. The summed E-state index contributed by atoms with van der Waals surface area (Å²) in [4.78, 5) is 37.4. The van der Waals surface area contributed by atoms with E-state index in [1.807, 2.05) is 38.2 Å². The van der Waals surface area contributed by atoms with Gasteiger partial charge >= 0.3 is 0 Å². The Balaban J connectivity index is 0.907. The van der Waals surface area contributed by atoms with E-state index in [-0.39, 0.29) is 0 Å². The fourth-order valence-corrected chi connectivity index (χ4v) is 6.67. The van der Waals surface area contributed by atoms with E-state index in [1.54, 1.807) is 0 Å². The summed E-state index contributed by atoms with van der Waals surface area (Å²) in [5, 5.41) is 0. The number of benzene rings is 5. The second-order valence-electron chi connectivity index (χ2n) is 12.8. The lowest BCUT2D eigenvalue weighted by Crippen LogP contribution is -1.85. The number of imidazole rings is 4. The van der Waals surface area contributed by atoms with Gasteiger partial charge in [-0.15, -0.1) is 0 Å². The first kappa shape index (κ1) is 28.2. The smallest absolute Gasteiger partial charge is 0.157 e. The monoisotopic (exact) mass is 647 g/mol. The predicted molar refractivity (Wildman–Crippen MR) is 199 cm³/mol. The van der Waals surface area contributed by atoms with Crippen molar-refractivity contribution in [3.63, 3.8) is 0 Å². The molecular formula is C41H29N9. The highest BCUT2D eigenvalue weighted by atomic mass is 15.0. The van der Waals surface area contributed by atoms with Crippen LogP contribution in [-0.2, 0) is 0 Å². The summed E-state index contributed by atoms with van der Waals surface area (Å²) < 4.78 is 0. The summed E-state index contributed by atoms with van der Waals surface area (Å²) in [5.41, 5.74) is 16.1. The number of H-pyrrole nitrogens is 4. The molecular weight excluding hydrogens is 619 g/mol. The van der Waals surface area contributed by atoms with Gasteiger partial charge in [-0.3, -0.25) is 4.98 Å². The molecule has 50 heavy (non-hydrogen) atoms. The normalized spacial score (nSPS) is 11.8. The molecule has 0 fully saturated rings. The minimum Gasteiger partial charge on any atom is -0.342 e. The minimum atomic E-state index is 0.765. The number of aromatic amines is 4. The maximum absolute atomic E-state index is 4.90. The van der Waals surface area contributed by atoms with E-state index in [9.17, 15) is 0 Å². The number of nitrogens with one attached hydrogen (secondary N) is 4. The van der Waals surface area contributed by atoms with E-state index >= 15 is 0 Å². The number of fused-ring (bicyclic) bond motifs is 4. The Morgan fingerprint density at radius 1 is 0.380 bits per heavy atom. The SMILES string of the molecule is Cc1ccc(-c2nc3ccc(-c4ccc5nc(-c6ccc(-c7nc8ccc(-c9ccc%10nc(C)[nH]c%10c9)cc8[nH]7)cc6)[nH]c5c4)cc3[nH]2)nc1. The van der Waals surface area contributed by atoms with Gasteiger partial charge in [0.15, 0.2) is 5.82 Å². The summed E-state index contributed by atoms with van der Waals surface area (Å²) in [6, 6.07) is 37.6. The van der Waals surface area contributed by atoms with E-state index in [0.717, 1.165) is 112 Å². The van der Waals surface area contributed by atoms with Crippen molar-refractivity contribution in [2.24, 2.45) is 0 Å². The molecule has 0 atom stereocenters. The molecule has 0 saturated carbocycles. The van der Waals surface area contributed by atoms with Crippen molar-refractivity contribution in [2.45, 2.75) is 13.8 Å². The van der Waals surface area contributed by atoms with Crippen LogP contribution in [0.15, 0.2) is 115 Å².